The molecule has 120 valence electrons. The van der Waals surface area contributed by atoms with Crippen LogP contribution in [0.25, 0.3) is 22.6 Å². The fourth-order valence-corrected chi connectivity index (χ4v) is 3.09. The Kier molecular flexibility index (Phi) is 3.34. The third-order valence-corrected chi connectivity index (χ3v) is 4.30. The molecule has 0 fully saturated rings. The van der Waals surface area contributed by atoms with Gasteiger partial charge in [-0.2, -0.15) is 0 Å². The minimum atomic E-state index is 0.00212. The van der Waals surface area contributed by atoms with Crippen molar-refractivity contribution >= 4 is 22.6 Å². The molecule has 0 saturated carbocycles. The summed E-state index contributed by atoms with van der Waals surface area (Å²) in [6, 6.07) is 12.6. The third kappa shape index (κ3) is 2.25. The van der Waals surface area contributed by atoms with Crippen LogP contribution in [-0.2, 0) is 6.54 Å². The SMILES string of the molecule is COc1cc(/C=C2/CCn3c2nc2ccccc2c3=O)ccc1O. The van der Waals surface area contributed by atoms with E-state index >= 15 is 0 Å². The molecule has 0 spiro atoms. The lowest BCUT2D eigenvalue weighted by Gasteiger charge is -2.06. The molecule has 3 aromatic rings. The lowest BCUT2D eigenvalue weighted by Crippen LogP contribution is -2.20. The van der Waals surface area contributed by atoms with Crippen LogP contribution in [0.15, 0.2) is 47.3 Å². The van der Waals surface area contributed by atoms with Crippen LogP contribution < -0.4 is 10.3 Å². The summed E-state index contributed by atoms with van der Waals surface area (Å²) in [7, 11) is 1.52. The quantitative estimate of drug-likeness (QED) is 0.788. The molecule has 5 heteroatoms. The van der Waals surface area contributed by atoms with Crippen molar-refractivity contribution in [2.24, 2.45) is 0 Å². The highest BCUT2D eigenvalue weighted by Crippen LogP contribution is 2.31. The van der Waals surface area contributed by atoms with Gasteiger partial charge in [0.2, 0.25) is 0 Å². The van der Waals surface area contributed by atoms with Crippen molar-refractivity contribution < 1.29 is 9.84 Å². The molecule has 1 N–H and O–H groups in total. The Morgan fingerprint density at radius 1 is 1.25 bits per heavy atom. The van der Waals surface area contributed by atoms with Gasteiger partial charge < -0.3 is 9.84 Å². The number of para-hydroxylation sites is 1. The maximum Gasteiger partial charge on any atom is 0.261 e. The minimum Gasteiger partial charge on any atom is -0.504 e. The van der Waals surface area contributed by atoms with E-state index in [4.69, 9.17) is 4.74 Å². The van der Waals surface area contributed by atoms with Gasteiger partial charge in [0.05, 0.1) is 18.0 Å². The zero-order chi connectivity index (χ0) is 16.7. The Morgan fingerprint density at radius 2 is 2.08 bits per heavy atom. The highest BCUT2D eigenvalue weighted by Gasteiger charge is 2.20. The van der Waals surface area contributed by atoms with Crippen LogP contribution in [0.2, 0.25) is 0 Å². The first-order chi connectivity index (χ1) is 11.7. The fraction of sp³-hybridized carbons (Fsp3) is 0.158. The van der Waals surface area contributed by atoms with Crippen LogP contribution >= 0.6 is 0 Å². The first kappa shape index (κ1) is 14.5. The third-order valence-electron chi connectivity index (χ3n) is 4.30. The second-order valence-corrected chi connectivity index (χ2v) is 5.76. The summed E-state index contributed by atoms with van der Waals surface area (Å²) in [6.07, 6.45) is 2.74. The molecule has 0 saturated heterocycles. The topological polar surface area (TPSA) is 64.4 Å². The zero-order valence-electron chi connectivity index (χ0n) is 13.2. The number of benzene rings is 2. The molecule has 5 nitrogen and oxygen atoms in total. The largest absolute Gasteiger partial charge is 0.504 e. The Hall–Kier alpha value is -3.08. The van der Waals surface area contributed by atoms with Crippen molar-refractivity contribution in [3.8, 4) is 11.5 Å². The van der Waals surface area contributed by atoms with Crippen LogP contribution in [0.4, 0.5) is 0 Å². The molecule has 1 aromatic heterocycles. The summed E-state index contributed by atoms with van der Waals surface area (Å²) >= 11 is 0. The van der Waals surface area contributed by atoms with Gasteiger partial charge >= 0.3 is 0 Å². The molecule has 0 unspecified atom stereocenters. The highest BCUT2D eigenvalue weighted by molar-refractivity contribution is 5.85. The summed E-state index contributed by atoms with van der Waals surface area (Å²) < 4.78 is 6.87. The predicted octanol–water partition coefficient (Wildman–Crippen LogP) is 3.06. The van der Waals surface area contributed by atoms with Crippen LogP contribution in [0.1, 0.15) is 17.8 Å². The number of aromatic hydroxyl groups is 1. The molecular formula is C19H16N2O3. The molecule has 1 aliphatic heterocycles. The number of aromatic nitrogens is 2. The second kappa shape index (κ2) is 5.53. The predicted molar refractivity (Wildman–Crippen MR) is 93.1 cm³/mol. The lowest BCUT2D eigenvalue weighted by molar-refractivity contribution is 0.373. The number of ether oxygens (including phenoxy) is 1. The Morgan fingerprint density at radius 3 is 2.92 bits per heavy atom. The molecule has 1 aliphatic rings. The van der Waals surface area contributed by atoms with Gasteiger partial charge in [0.15, 0.2) is 11.5 Å². The van der Waals surface area contributed by atoms with Gasteiger partial charge in [-0.1, -0.05) is 18.2 Å². The highest BCUT2D eigenvalue weighted by atomic mass is 16.5. The van der Waals surface area contributed by atoms with E-state index in [1.807, 2.05) is 36.4 Å². The number of hydrogen-bond donors (Lipinski definition) is 1. The Balaban J connectivity index is 1.85. The van der Waals surface area contributed by atoms with E-state index in [0.717, 1.165) is 17.6 Å². The maximum atomic E-state index is 12.6. The van der Waals surface area contributed by atoms with Crippen molar-refractivity contribution in [1.29, 1.82) is 0 Å². The van der Waals surface area contributed by atoms with Gasteiger partial charge in [-0.3, -0.25) is 9.36 Å². The summed E-state index contributed by atoms with van der Waals surface area (Å²) in [5.41, 5.74) is 2.62. The minimum absolute atomic E-state index is 0.00212. The van der Waals surface area contributed by atoms with Gasteiger partial charge in [0, 0.05) is 6.54 Å². The summed E-state index contributed by atoms with van der Waals surface area (Å²) in [4.78, 5) is 17.3. The molecule has 2 aromatic carbocycles. The number of allylic oxidation sites excluding steroid dienone is 1. The first-order valence-corrected chi connectivity index (χ1v) is 7.75. The van der Waals surface area contributed by atoms with Crippen LogP contribution in [-0.4, -0.2) is 21.8 Å². The number of phenols is 1. The average molecular weight is 320 g/mol. The number of rotatable bonds is 2. The standard InChI is InChI=1S/C19H16N2O3/c1-24-17-11-12(6-7-16(17)22)10-13-8-9-21-18(13)20-15-5-3-2-4-14(15)19(21)23/h2-7,10-11,22H,8-9H2,1H3/b13-10-. The van der Waals surface area contributed by atoms with Crippen molar-refractivity contribution in [1.82, 2.24) is 9.55 Å². The number of hydrogen-bond acceptors (Lipinski definition) is 4. The molecule has 0 aliphatic carbocycles. The van der Waals surface area contributed by atoms with Crippen LogP contribution in [0.3, 0.4) is 0 Å². The van der Waals surface area contributed by atoms with E-state index in [9.17, 15) is 9.90 Å². The molecule has 0 atom stereocenters. The molecule has 24 heavy (non-hydrogen) atoms. The lowest BCUT2D eigenvalue weighted by atomic mass is 10.1. The average Bonchev–Trinajstić information content (AvgIpc) is 3.00. The maximum absolute atomic E-state index is 12.6. The van der Waals surface area contributed by atoms with E-state index in [1.54, 1.807) is 16.7 Å². The van der Waals surface area contributed by atoms with Gasteiger partial charge in [0.25, 0.3) is 5.56 Å². The van der Waals surface area contributed by atoms with Gasteiger partial charge in [0.1, 0.15) is 5.82 Å². The summed E-state index contributed by atoms with van der Waals surface area (Å²) in [5, 5.41) is 10.4. The Labute approximate surface area is 138 Å². The monoisotopic (exact) mass is 320 g/mol. The molecular weight excluding hydrogens is 304 g/mol. The van der Waals surface area contributed by atoms with Crippen LogP contribution in [0, 0.1) is 0 Å². The van der Waals surface area contributed by atoms with E-state index in [1.165, 1.54) is 7.11 Å². The van der Waals surface area contributed by atoms with E-state index in [0.29, 0.717) is 29.0 Å². The van der Waals surface area contributed by atoms with Gasteiger partial charge in [-0.05, 0) is 47.9 Å². The molecule has 0 radical (unpaired) electrons. The van der Waals surface area contributed by atoms with Gasteiger partial charge in [-0.15, -0.1) is 0 Å². The number of methoxy groups -OCH3 is 1. The van der Waals surface area contributed by atoms with Crippen molar-refractivity contribution in [3.63, 3.8) is 0 Å². The molecule has 0 amide bonds. The summed E-state index contributed by atoms with van der Waals surface area (Å²) in [5.74, 6) is 1.24. The van der Waals surface area contributed by atoms with Crippen LogP contribution in [0.5, 0.6) is 11.5 Å². The number of fused-ring (bicyclic) bond motifs is 2. The van der Waals surface area contributed by atoms with Crippen molar-refractivity contribution in [2.45, 2.75) is 13.0 Å². The zero-order valence-corrected chi connectivity index (χ0v) is 13.2. The normalized spacial score (nSPS) is 15.0. The first-order valence-electron chi connectivity index (χ1n) is 7.75. The van der Waals surface area contributed by atoms with Crippen molar-refractivity contribution in [2.75, 3.05) is 7.11 Å². The van der Waals surface area contributed by atoms with Gasteiger partial charge in [-0.25, -0.2) is 4.98 Å². The molecule has 4 rings (SSSR count). The molecule has 0 bridgehead atoms. The fourth-order valence-electron chi connectivity index (χ4n) is 3.09. The van der Waals surface area contributed by atoms with Crippen molar-refractivity contribution in [3.05, 3.63) is 64.2 Å². The van der Waals surface area contributed by atoms with E-state index in [2.05, 4.69) is 4.98 Å². The molecule has 2 heterocycles. The van der Waals surface area contributed by atoms with E-state index in [-0.39, 0.29) is 11.3 Å². The van der Waals surface area contributed by atoms with E-state index < -0.39 is 0 Å². The number of phenolic OH excluding ortho intramolecular Hbond substituents is 1. The number of nitrogens with zero attached hydrogens (tertiary/aromatic N) is 2. The Bertz CT molecular complexity index is 1030. The summed E-state index contributed by atoms with van der Waals surface area (Å²) in [6.45, 7) is 0.632. The smallest absolute Gasteiger partial charge is 0.261 e. The second-order valence-electron chi connectivity index (χ2n) is 5.76.